The van der Waals surface area contributed by atoms with Crippen molar-refractivity contribution in [1.82, 2.24) is 25.3 Å². The van der Waals surface area contributed by atoms with Crippen molar-refractivity contribution in [3.63, 3.8) is 0 Å². The van der Waals surface area contributed by atoms with E-state index in [0.29, 0.717) is 31.4 Å². The van der Waals surface area contributed by atoms with Crippen molar-refractivity contribution in [2.45, 2.75) is 50.3 Å². The first kappa shape index (κ1) is 31.6. The summed E-state index contributed by atoms with van der Waals surface area (Å²) in [6.07, 6.45) is 2.53. The van der Waals surface area contributed by atoms with Crippen LogP contribution >= 0.6 is 0 Å². The van der Waals surface area contributed by atoms with Gasteiger partial charge in [0, 0.05) is 38.7 Å². The molecule has 1 unspecified atom stereocenters. The molecule has 0 bridgehead atoms. The van der Waals surface area contributed by atoms with Crippen LogP contribution in [0.25, 0.3) is 0 Å². The van der Waals surface area contributed by atoms with Crippen molar-refractivity contribution in [1.29, 1.82) is 0 Å². The molecule has 16 nitrogen and oxygen atoms in total. The van der Waals surface area contributed by atoms with E-state index in [1.54, 1.807) is 6.07 Å². The number of aromatic amines is 1. The predicted octanol–water partition coefficient (Wildman–Crippen LogP) is -1.47. The quantitative estimate of drug-likeness (QED) is 0.109. The van der Waals surface area contributed by atoms with Gasteiger partial charge in [-0.05, 0) is 25.8 Å². The highest BCUT2D eigenvalue weighted by Crippen LogP contribution is 2.16. The van der Waals surface area contributed by atoms with Crippen LogP contribution in [0.2, 0.25) is 0 Å². The number of hydrogen-bond donors (Lipinski definition) is 7. The number of carbonyl (C=O) groups excluding carboxylic acids is 2. The maximum atomic E-state index is 12.2. The Hall–Kier alpha value is -3.60. The normalized spacial score (nSPS) is 18.3. The van der Waals surface area contributed by atoms with E-state index < -0.39 is 36.4 Å². The van der Waals surface area contributed by atoms with Gasteiger partial charge in [0.05, 0.1) is 37.9 Å². The first-order valence-corrected chi connectivity index (χ1v) is 12.5. The first-order valence-electron chi connectivity index (χ1n) is 12.5. The average Bonchev–Trinajstić information content (AvgIpc) is 3.31. The zero-order valence-corrected chi connectivity index (χ0v) is 21.5. The molecule has 7 N–H and O–H groups in total. The van der Waals surface area contributed by atoms with Crippen LogP contribution in [0.1, 0.15) is 37.8 Å². The van der Waals surface area contributed by atoms with E-state index in [0.717, 1.165) is 38.4 Å². The summed E-state index contributed by atoms with van der Waals surface area (Å²) in [4.78, 5) is 57.5. The van der Waals surface area contributed by atoms with Gasteiger partial charge in [0.15, 0.2) is 5.60 Å². The van der Waals surface area contributed by atoms with Crippen LogP contribution in [0.4, 0.5) is 5.82 Å². The summed E-state index contributed by atoms with van der Waals surface area (Å²) in [6.45, 7) is 5.99. The molecule has 39 heavy (non-hydrogen) atoms. The van der Waals surface area contributed by atoms with Crippen molar-refractivity contribution in [3.8, 4) is 0 Å². The van der Waals surface area contributed by atoms with E-state index in [4.69, 9.17) is 20.4 Å². The number of amides is 1. The van der Waals surface area contributed by atoms with Gasteiger partial charge in [-0.25, -0.2) is 4.79 Å². The number of anilines is 1. The molecule has 0 aliphatic carbocycles. The highest BCUT2D eigenvalue weighted by atomic mass is 16.5. The van der Waals surface area contributed by atoms with Gasteiger partial charge in [-0.1, -0.05) is 0 Å². The number of piperazine rings is 1. The van der Waals surface area contributed by atoms with Crippen LogP contribution in [-0.2, 0) is 35.1 Å². The smallest absolute Gasteiger partial charge is 0.336 e. The molecule has 2 aliphatic rings. The Balaban J connectivity index is 0.000000349. The summed E-state index contributed by atoms with van der Waals surface area (Å²) in [6, 6.07) is 1.76. The lowest BCUT2D eigenvalue weighted by atomic mass is 9.96. The highest BCUT2D eigenvalue weighted by molar-refractivity contribution is 5.91. The maximum Gasteiger partial charge on any atom is 0.336 e. The second-order valence-corrected chi connectivity index (χ2v) is 9.29. The monoisotopic (exact) mass is 556 g/mol. The molecule has 1 atom stereocenters. The van der Waals surface area contributed by atoms with Gasteiger partial charge < -0.3 is 35.8 Å². The molecular formula is C23H36N6O10. The van der Waals surface area contributed by atoms with Gasteiger partial charge in [0.1, 0.15) is 5.82 Å². The number of nitrogens with zero attached hydrogens (tertiary/aromatic N) is 3. The largest absolute Gasteiger partial charge is 0.481 e. The zero-order valence-electron chi connectivity index (χ0n) is 21.5. The number of carbonyl (C=O) groups is 5. The number of aliphatic carboxylic acids is 3. The van der Waals surface area contributed by atoms with Crippen LogP contribution in [0.3, 0.4) is 0 Å². The molecule has 3 heterocycles. The Bertz CT molecular complexity index is 956. The number of rotatable bonds is 13. The zero-order chi connectivity index (χ0) is 28.8. The van der Waals surface area contributed by atoms with E-state index in [-0.39, 0.29) is 12.5 Å². The van der Waals surface area contributed by atoms with E-state index in [9.17, 15) is 24.0 Å². The summed E-state index contributed by atoms with van der Waals surface area (Å²) in [5, 5.41) is 47.1. The van der Waals surface area contributed by atoms with Crippen LogP contribution in [0.15, 0.2) is 6.07 Å². The van der Waals surface area contributed by atoms with Crippen LogP contribution in [-0.4, -0.2) is 128 Å². The van der Waals surface area contributed by atoms with Crippen LogP contribution in [0.5, 0.6) is 0 Å². The van der Waals surface area contributed by atoms with Gasteiger partial charge in [0.25, 0.3) is 6.47 Å². The summed E-state index contributed by atoms with van der Waals surface area (Å²) < 4.78 is 4.64. The molecule has 2 saturated heterocycles. The molecule has 1 aromatic heterocycles. The number of hydrogen-bond acceptors (Lipinski definition) is 11. The Morgan fingerprint density at radius 2 is 1.77 bits per heavy atom. The molecule has 2 aliphatic heterocycles. The Morgan fingerprint density at radius 1 is 1.10 bits per heavy atom. The van der Waals surface area contributed by atoms with Crippen molar-refractivity contribution in [2.75, 3.05) is 51.2 Å². The maximum absolute atomic E-state index is 12.2. The van der Waals surface area contributed by atoms with E-state index >= 15 is 0 Å². The number of carboxylic acid groups (broad SMARTS) is 3. The van der Waals surface area contributed by atoms with Gasteiger partial charge in [0.2, 0.25) is 5.91 Å². The van der Waals surface area contributed by atoms with Crippen molar-refractivity contribution < 1.29 is 49.1 Å². The Kier molecular flexibility index (Phi) is 12.7. The number of carboxylic acids is 3. The SMILES string of the molecule is O=C(O)CC(O)(CC(=O)O)C(=O)O.O=COCCc1cc(NC(=O)CN2CCN(C3CCCCN3)CC2)[nH]n1. The third-order valence-corrected chi connectivity index (χ3v) is 6.23. The number of aliphatic hydroxyl groups is 1. The fraction of sp³-hybridized carbons (Fsp3) is 0.652. The lowest BCUT2D eigenvalue weighted by Gasteiger charge is -2.40. The minimum atomic E-state index is -2.74. The Labute approximate surface area is 224 Å². The lowest BCUT2D eigenvalue weighted by molar-refractivity contribution is -0.170. The molecule has 218 valence electrons. The van der Waals surface area contributed by atoms with Crippen molar-refractivity contribution in [3.05, 3.63) is 11.8 Å². The average molecular weight is 557 g/mol. The summed E-state index contributed by atoms with van der Waals surface area (Å²) in [5.74, 6) is -4.50. The first-order chi connectivity index (χ1) is 18.5. The fourth-order valence-corrected chi connectivity index (χ4v) is 4.25. The van der Waals surface area contributed by atoms with E-state index in [1.165, 1.54) is 19.3 Å². The van der Waals surface area contributed by atoms with Crippen molar-refractivity contribution >= 4 is 36.1 Å². The molecule has 2 fully saturated rings. The van der Waals surface area contributed by atoms with Gasteiger partial charge in [-0.3, -0.25) is 34.1 Å². The molecular weight excluding hydrogens is 520 g/mol. The number of aromatic nitrogens is 2. The van der Waals surface area contributed by atoms with Gasteiger partial charge >= 0.3 is 17.9 Å². The number of H-pyrrole nitrogens is 1. The van der Waals surface area contributed by atoms with E-state index in [1.807, 2.05) is 0 Å². The van der Waals surface area contributed by atoms with Crippen LogP contribution < -0.4 is 10.6 Å². The Morgan fingerprint density at radius 3 is 2.31 bits per heavy atom. The summed E-state index contributed by atoms with van der Waals surface area (Å²) in [5.41, 5.74) is -1.99. The number of ether oxygens (including phenoxy) is 1. The molecule has 16 heteroatoms. The second-order valence-electron chi connectivity index (χ2n) is 9.29. The predicted molar refractivity (Wildman–Crippen MR) is 134 cm³/mol. The number of piperidine rings is 1. The minimum absolute atomic E-state index is 0.0476. The number of nitrogens with one attached hydrogen (secondary N) is 3. The fourth-order valence-electron chi connectivity index (χ4n) is 4.25. The molecule has 0 radical (unpaired) electrons. The molecule has 0 aromatic carbocycles. The lowest BCUT2D eigenvalue weighted by Crippen LogP contribution is -2.56. The van der Waals surface area contributed by atoms with E-state index in [2.05, 4.69) is 35.4 Å². The molecule has 0 saturated carbocycles. The third kappa shape index (κ3) is 11.4. The molecule has 1 aromatic rings. The molecule has 3 rings (SSSR count). The van der Waals surface area contributed by atoms with Crippen LogP contribution in [0, 0.1) is 0 Å². The topological polar surface area (TPSA) is 235 Å². The summed E-state index contributed by atoms with van der Waals surface area (Å²) >= 11 is 0. The molecule has 0 spiro atoms. The summed E-state index contributed by atoms with van der Waals surface area (Å²) in [7, 11) is 0. The third-order valence-electron chi connectivity index (χ3n) is 6.23. The minimum Gasteiger partial charge on any atom is -0.481 e. The highest BCUT2D eigenvalue weighted by Gasteiger charge is 2.40. The van der Waals surface area contributed by atoms with Crippen molar-refractivity contribution in [2.24, 2.45) is 0 Å². The van der Waals surface area contributed by atoms with Gasteiger partial charge in [-0.2, -0.15) is 5.10 Å². The standard InChI is InChI=1S/C17H28N6O3.C6H8O7/c24-13-26-10-4-14-11-15(21-20-14)19-17(25)12-22-6-8-23(9-7-22)16-3-1-2-5-18-16;7-3(8)1-6(13,5(11)12)2-4(9)10/h11,13,16,18H,1-10,12H2,(H2,19,20,21,25);13H,1-2H2,(H,7,8)(H,9,10)(H,11,12). The molecule has 1 amide bonds. The van der Waals surface area contributed by atoms with Gasteiger partial charge in [-0.15, -0.1) is 0 Å². The second kappa shape index (κ2) is 15.7.